The van der Waals surface area contributed by atoms with Crippen LogP contribution in [0.2, 0.25) is 5.02 Å². The van der Waals surface area contributed by atoms with Gasteiger partial charge < -0.3 is 15.5 Å². The van der Waals surface area contributed by atoms with Gasteiger partial charge in [0.15, 0.2) is 0 Å². The first-order valence-electron chi connectivity index (χ1n) is 8.51. The van der Waals surface area contributed by atoms with Crippen molar-refractivity contribution in [2.24, 2.45) is 0 Å². The predicted octanol–water partition coefficient (Wildman–Crippen LogP) is 5.11. The second kappa shape index (κ2) is 8.10. The standard InChI is InChI=1S/C21H21ClN4O/c1-14-18(22)5-4-6-19(14)25-20-12-7-15(13-23-20)21(27)24-16-8-10-17(11-9-16)26(2)3/h4-13H,1-3H3,(H,23,25)(H,24,27). The molecule has 0 fully saturated rings. The summed E-state index contributed by atoms with van der Waals surface area (Å²) in [5, 5.41) is 6.78. The maximum absolute atomic E-state index is 12.4. The van der Waals surface area contributed by atoms with Crippen molar-refractivity contribution in [3.63, 3.8) is 0 Å². The van der Waals surface area contributed by atoms with Gasteiger partial charge >= 0.3 is 0 Å². The number of halogens is 1. The molecular formula is C21H21ClN4O. The summed E-state index contributed by atoms with van der Waals surface area (Å²) in [6, 6.07) is 16.8. The number of amides is 1. The molecule has 1 amide bonds. The SMILES string of the molecule is Cc1c(Cl)cccc1Nc1ccc(C(=O)Nc2ccc(N(C)C)cc2)cn1. The third-order valence-electron chi connectivity index (χ3n) is 4.20. The largest absolute Gasteiger partial charge is 0.378 e. The van der Waals surface area contributed by atoms with Crippen molar-refractivity contribution in [1.29, 1.82) is 0 Å². The Hall–Kier alpha value is -3.05. The van der Waals surface area contributed by atoms with Crippen molar-refractivity contribution in [2.75, 3.05) is 29.6 Å². The summed E-state index contributed by atoms with van der Waals surface area (Å²) in [6.45, 7) is 1.94. The van der Waals surface area contributed by atoms with Crippen molar-refractivity contribution in [3.05, 3.63) is 76.9 Å². The molecule has 27 heavy (non-hydrogen) atoms. The van der Waals surface area contributed by atoms with E-state index in [2.05, 4.69) is 15.6 Å². The molecule has 2 aromatic carbocycles. The van der Waals surface area contributed by atoms with Gasteiger partial charge in [0.25, 0.3) is 5.91 Å². The van der Waals surface area contributed by atoms with Gasteiger partial charge in [-0.3, -0.25) is 4.79 Å². The zero-order chi connectivity index (χ0) is 19.4. The Labute approximate surface area is 164 Å². The molecule has 0 saturated carbocycles. The summed E-state index contributed by atoms with van der Waals surface area (Å²) in [5.74, 6) is 0.442. The van der Waals surface area contributed by atoms with Crippen LogP contribution in [0.25, 0.3) is 0 Å². The second-order valence-electron chi connectivity index (χ2n) is 6.36. The molecule has 0 spiro atoms. The lowest BCUT2D eigenvalue weighted by Crippen LogP contribution is -2.13. The average Bonchev–Trinajstić information content (AvgIpc) is 2.66. The van der Waals surface area contributed by atoms with E-state index in [0.29, 0.717) is 16.4 Å². The van der Waals surface area contributed by atoms with Crippen LogP contribution in [0.3, 0.4) is 0 Å². The van der Waals surface area contributed by atoms with Gasteiger partial charge in [-0.15, -0.1) is 0 Å². The average molecular weight is 381 g/mol. The molecule has 1 heterocycles. The maximum Gasteiger partial charge on any atom is 0.257 e. The number of benzene rings is 2. The molecular weight excluding hydrogens is 360 g/mol. The van der Waals surface area contributed by atoms with Crippen LogP contribution in [0.1, 0.15) is 15.9 Å². The van der Waals surface area contributed by atoms with Gasteiger partial charge in [-0.05, 0) is 61.0 Å². The number of carbonyl (C=O) groups is 1. The van der Waals surface area contributed by atoms with Crippen LogP contribution in [0.4, 0.5) is 22.9 Å². The second-order valence-corrected chi connectivity index (χ2v) is 6.77. The summed E-state index contributed by atoms with van der Waals surface area (Å²) < 4.78 is 0. The van der Waals surface area contributed by atoms with Crippen LogP contribution < -0.4 is 15.5 Å². The first-order valence-corrected chi connectivity index (χ1v) is 8.89. The van der Waals surface area contributed by atoms with Gasteiger partial charge in [-0.1, -0.05) is 17.7 Å². The van der Waals surface area contributed by atoms with E-state index in [9.17, 15) is 4.79 Å². The lowest BCUT2D eigenvalue weighted by Gasteiger charge is -2.13. The first kappa shape index (κ1) is 18.7. The molecule has 1 aromatic heterocycles. The number of nitrogens with one attached hydrogen (secondary N) is 2. The van der Waals surface area contributed by atoms with E-state index >= 15 is 0 Å². The van der Waals surface area contributed by atoms with Gasteiger partial charge in [0.2, 0.25) is 0 Å². The van der Waals surface area contributed by atoms with Crippen LogP contribution >= 0.6 is 11.6 Å². The molecule has 0 radical (unpaired) electrons. The number of aromatic nitrogens is 1. The molecule has 0 aliphatic rings. The van der Waals surface area contributed by atoms with Crippen molar-refractivity contribution in [2.45, 2.75) is 6.92 Å². The Kier molecular flexibility index (Phi) is 5.62. The minimum absolute atomic E-state index is 0.203. The Balaban J connectivity index is 1.67. The molecule has 0 aliphatic carbocycles. The van der Waals surface area contributed by atoms with Crippen molar-refractivity contribution in [3.8, 4) is 0 Å². The van der Waals surface area contributed by atoms with Crippen molar-refractivity contribution < 1.29 is 4.79 Å². The Morgan fingerprint density at radius 2 is 1.78 bits per heavy atom. The Bertz CT molecular complexity index is 937. The molecule has 0 aliphatic heterocycles. The summed E-state index contributed by atoms with van der Waals surface area (Å²) in [5.41, 5.74) is 4.13. The van der Waals surface area contributed by atoms with Crippen LogP contribution in [-0.4, -0.2) is 25.0 Å². The van der Waals surface area contributed by atoms with Crippen LogP contribution in [0, 0.1) is 6.92 Å². The van der Waals surface area contributed by atoms with E-state index in [1.807, 2.05) is 68.4 Å². The quantitative estimate of drug-likeness (QED) is 0.646. The molecule has 0 atom stereocenters. The van der Waals surface area contributed by atoms with E-state index in [4.69, 9.17) is 11.6 Å². The Morgan fingerprint density at radius 1 is 1.04 bits per heavy atom. The maximum atomic E-state index is 12.4. The summed E-state index contributed by atoms with van der Waals surface area (Å²) in [4.78, 5) is 18.7. The fourth-order valence-electron chi connectivity index (χ4n) is 2.53. The number of carbonyl (C=O) groups excluding carboxylic acids is 1. The molecule has 0 saturated heterocycles. The molecule has 2 N–H and O–H groups in total. The van der Waals surface area contributed by atoms with Crippen molar-refractivity contribution >= 4 is 40.4 Å². The number of rotatable bonds is 5. The predicted molar refractivity (Wildman–Crippen MR) is 112 cm³/mol. The van der Waals surface area contributed by atoms with Crippen LogP contribution in [-0.2, 0) is 0 Å². The van der Waals surface area contributed by atoms with E-state index in [1.54, 1.807) is 18.3 Å². The molecule has 0 bridgehead atoms. The summed E-state index contributed by atoms with van der Waals surface area (Å²) in [7, 11) is 3.94. The van der Waals surface area contributed by atoms with E-state index in [1.165, 1.54) is 0 Å². The number of hydrogen-bond donors (Lipinski definition) is 2. The lowest BCUT2D eigenvalue weighted by atomic mass is 10.2. The fourth-order valence-corrected chi connectivity index (χ4v) is 2.70. The zero-order valence-electron chi connectivity index (χ0n) is 15.5. The summed E-state index contributed by atoms with van der Waals surface area (Å²) >= 11 is 6.13. The van der Waals surface area contributed by atoms with E-state index < -0.39 is 0 Å². The monoisotopic (exact) mass is 380 g/mol. The lowest BCUT2D eigenvalue weighted by molar-refractivity contribution is 0.102. The molecule has 3 rings (SSSR count). The number of anilines is 4. The molecule has 0 unspecified atom stereocenters. The van der Waals surface area contributed by atoms with E-state index in [0.717, 1.165) is 22.6 Å². The minimum Gasteiger partial charge on any atom is -0.378 e. The van der Waals surface area contributed by atoms with Crippen LogP contribution in [0.15, 0.2) is 60.8 Å². The number of nitrogens with zero attached hydrogens (tertiary/aromatic N) is 2. The normalized spacial score (nSPS) is 10.4. The first-order chi connectivity index (χ1) is 12.9. The molecule has 138 valence electrons. The summed E-state index contributed by atoms with van der Waals surface area (Å²) in [6.07, 6.45) is 1.55. The highest BCUT2D eigenvalue weighted by Gasteiger charge is 2.08. The highest BCUT2D eigenvalue weighted by Crippen LogP contribution is 2.25. The number of hydrogen-bond acceptors (Lipinski definition) is 4. The van der Waals surface area contributed by atoms with Crippen molar-refractivity contribution in [1.82, 2.24) is 4.98 Å². The van der Waals surface area contributed by atoms with E-state index in [-0.39, 0.29) is 5.91 Å². The van der Waals surface area contributed by atoms with Gasteiger partial charge in [-0.2, -0.15) is 0 Å². The van der Waals surface area contributed by atoms with Gasteiger partial charge in [-0.25, -0.2) is 4.98 Å². The van der Waals surface area contributed by atoms with Gasteiger partial charge in [0, 0.05) is 42.4 Å². The van der Waals surface area contributed by atoms with Gasteiger partial charge in [0.1, 0.15) is 5.82 Å². The highest BCUT2D eigenvalue weighted by atomic mass is 35.5. The fraction of sp³-hybridized carbons (Fsp3) is 0.143. The number of pyridine rings is 1. The smallest absolute Gasteiger partial charge is 0.257 e. The minimum atomic E-state index is -0.203. The highest BCUT2D eigenvalue weighted by molar-refractivity contribution is 6.31. The molecule has 5 nitrogen and oxygen atoms in total. The zero-order valence-corrected chi connectivity index (χ0v) is 16.2. The third kappa shape index (κ3) is 4.57. The third-order valence-corrected chi connectivity index (χ3v) is 4.61. The topological polar surface area (TPSA) is 57.3 Å². The molecule has 3 aromatic rings. The van der Waals surface area contributed by atoms with Gasteiger partial charge in [0.05, 0.1) is 5.56 Å². The van der Waals surface area contributed by atoms with Crippen LogP contribution in [0.5, 0.6) is 0 Å². The Morgan fingerprint density at radius 3 is 2.41 bits per heavy atom. The molecule has 6 heteroatoms.